The summed E-state index contributed by atoms with van der Waals surface area (Å²) in [6.07, 6.45) is 3.80. The first-order valence-electron chi connectivity index (χ1n) is 9.42. The van der Waals surface area contributed by atoms with Crippen LogP contribution in [-0.4, -0.2) is 17.9 Å². The van der Waals surface area contributed by atoms with Crippen molar-refractivity contribution in [1.82, 2.24) is 5.32 Å². The number of benzene rings is 2. The first-order valence-corrected chi connectivity index (χ1v) is 9.79. The fourth-order valence-corrected chi connectivity index (χ4v) is 3.34. The molecule has 1 aliphatic rings. The monoisotopic (exact) mass is 422 g/mol. The van der Waals surface area contributed by atoms with Crippen LogP contribution in [0, 0.1) is 0 Å². The average molecular weight is 423 g/mol. The van der Waals surface area contributed by atoms with Crippen LogP contribution in [0.3, 0.4) is 0 Å². The van der Waals surface area contributed by atoms with Crippen molar-refractivity contribution >= 4 is 35.2 Å². The minimum absolute atomic E-state index is 0.113. The van der Waals surface area contributed by atoms with E-state index in [-0.39, 0.29) is 17.7 Å². The van der Waals surface area contributed by atoms with Crippen LogP contribution in [-0.2, 0) is 11.2 Å². The topological polar surface area (TPSA) is 80.6 Å². The second-order valence-electron chi connectivity index (χ2n) is 6.99. The summed E-state index contributed by atoms with van der Waals surface area (Å²) >= 11 is 5.99. The van der Waals surface area contributed by atoms with Crippen LogP contribution >= 0.6 is 11.6 Å². The molecule has 0 saturated carbocycles. The number of carbonyl (C=O) groups is 2. The van der Waals surface area contributed by atoms with E-state index < -0.39 is 5.91 Å². The molecule has 2 heterocycles. The summed E-state index contributed by atoms with van der Waals surface area (Å²) < 4.78 is 11.0. The Morgan fingerprint density at radius 3 is 2.83 bits per heavy atom. The van der Waals surface area contributed by atoms with Crippen LogP contribution in [0.1, 0.15) is 28.6 Å². The van der Waals surface area contributed by atoms with Gasteiger partial charge in [-0.2, -0.15) is 0 Å². The van der Waals surface area contributed by atoms with E-state index in [0.717, 1.165) is 11.3 Å². The Balaban J connectivity index is 1.47. The molecule has 2 N–H and O–H groups in total. The van der Waals surface area contributed by atoms with E-state index in [4.69, 9.17) is 20.8 Å². The maximum atomic E-state index is 12.6. The van der Waals surface area contributed by atoms with Gasteiger partial charge in [-0.25, -0.2) is 0 Å². The number of carbonyl (C=O) groups excluding carboxylic acids is 2. The van der Waals surface area contributed by atoms with E-state index in [1.807, 2.05) is 25.1 Å². The Hall–Kier alpha value is -3.51. The number of ether oxygens (including phenoxy) is 1. The maximum Gasteiger partial charge on any atom is 0.291 e. The van der Waals surface area contributed by atoms with E-state index in [1.54, 1.807) is 48.7 Å². The zero-order valence-electron chi connectivity index (χ0n) is 16.1. The van der Waals surface area contributed by atoms with Gasteiger partial charge in [-0.1, -0.05) is 23.7 Å². The largest absolute Gasteiger partial charge is 0.469 e. The number of furan rings is 1. The van der Waals surface area contributed by atoms with Crippen LogP contribution in [0.4, 0.5) is 5.69 Å². The molecule has 152 valence electrons. The van der Waals surface area contributed by atoms with Gasteiger partial charge in [-0.05, 0) is 61.0 Å². The molecule has 1 aliphatic heterocycles. The van der Waals surface area contributed by atoms with Gasteiger partial charge in [-0.3, -0.25) is 9.59 Å². The SMILES string of the molecule is C[C@@H](Cc1ccco1)NC(=O)c1ccc2c(c1)NC(=O)/C(=C/c1cccc(Cl)c1)O2. The molecule has 0 radical (unpaired) electrons. The highest BCUT2D eigenvalue weighted by molar-refractivity contribution is 6.30. The van der Waals surface area contributed by atoms with E-state index in [1.165, 1.54) is 0 Å². The summed E-state index contributed by atoms with van der Waals surface area (Å²) in [5, 5.41) is 6.26. The summed E-state index contributed by atoms with van der Waals surface area (Å²) in [4.78, 5) is 25.0. The summed E-state index contributed by atoms with van der Waals surface area (Å²) in [7, 11) is 0. The minimum atomic E-state index is -0.397. The van der Waals surface area contributed by atoms with Gasteiger partial charge in [0.2, 0.25) is 0 Å². The molecule has 7 heteroatoms. The number of amides is 2. The van der Waals surface area contributed by atoms with Gasteiger partial charge in [-0.15, -0.1) is 0 Å². The molecule has 0 unspecified atom stereocenters. The highest BCUT2D eigenvalue weighted by Gasteiger charge is 2.23. The van der Waals surface area contributed by atoms with Crippen LogP contribution < -0.4 is 15.4 Å². The summed E-state index contributed by atoms with van der Waals surface area (Å²) in [6.45, 7) is 1.90. The van der Waals surface area contributed by atoms with Gasteiger partial charge < -0.3 is 19.8 Å². The molecule has 0 saturated heterocycles. The Bertz CT molecular complexity index is 1120. The molecule has 0 bridgehead atoms. The van der Waals surface area contributed by atoms with Crippen molar-refractivity contribution in [2.45, 2.75) is 19.4 Å². The molecule has 1 atom stereocenters. The van der Waals surface area contributed by atoms with E-state index in [9.17, 15) is 9.59 Å². The Morgan fingerprint density at radius 2 is 2.07 bits per heavy atom. The lowest BCUT2D eigenvalue weighted by Gasteiger charge is -2.21. The molecule has 3 aromatic rings. The van der Waals surface area contributed by atoms with Crippen LogP contribution in [0.2, 0.25) is 5.02 Å². The third kappa shape index (κ3) is 4.55. The summed E-state index contributed by atoms with van der Waals surface area (Å²) in [5.74, 6) is 0.766. The summed E-state index contributed by atoms with van der Waals surface area (Å²) in [6, 6.07) is 15.6. The molecule has 2 amide bonds. The second kappa shape index (κ2) is 8.47. The lowest BCUT2D eigenvalue weighted by molar-refractivity contribution is -0.115. The molecular weight excluding hydrogens is 404 g/mol. The number of hydrogen-bond donors (Lipinski definition) is 2. The van der Waals surface area contributed by atoms with Crippen molar-refractivity contribution in [3.8, 4) is 5.75 Å². The molecule has 30 heavy (non-hydrogen) atoms. The van der Waals surface area contributed by atoms with Gasteiger partial charge in [0.25, 0.3) is 11.8 Å². The number of rotatable bonds is 5. The van der Waals surface area contributed by atoms with E-state index in [2.05, 4.69) is 10.6 Å². The predicted molar refractivity (Wildman–Crippen MR) is 114 cm³/mol. The van der Waals surface area contributed by atoms with Crippen molar-refractivity contribution in [1.29, 1.82) is 0 Å². The maximum absolute atomic E-state index is 12.6. The first kappa shape index (κ1) is 19.8. The van der Waals surface area contributed by atoms with Crippen molar-refractivity contribution in [2.75, 3.05) is 5.32 Å². The Kier molecular flexibility index (Phi) is 5.59. The molecule has 4 rings (SSSR count). The molecule has 1 aromatic heterocycles. The number of hydrogen-bond acceptors (Lipinski definition) is 4. The normalized spacial score (nSPS) is 15.1. The molecule has 6 nitrogen and oxygen atoms in total. The highest BCUT2D eigenvalue weighted by atomic mass is 35.5. The molecule has 0 fully saturated rings. The van der Waals surface area contributed by atoms with Gasteiger partial charge in [0, 0.05) is 23.0 Å². The molecule has 2 aromatic carbocycles. The molecule has 0 aliphatic carbocycles. The zero-order valence-corrected chi connectivity index (χ0v) is 16.9. The van der Waals surface area contributed by atoms with Crippen molar-refractivity contribution in [3.05, 3.63) is 88.5 Å². The van der Waals surface area contributed by atoms with Crippen molar-refractivity contribution in [2.24, 2.45) is 0 Å². The first-order chi connectivity index (χ1) is 14.5. The van der Waals surface area contributed by atoms with Gasteiger partial charge in [0.05, 0.1) is 12.0 Å². The van der Waals surface area contributed by atoms with Crippen LogP contribution in [0.15, 0.2) is 71.0 Å². The van der Waals surface area contributed by atoms with E-state index in [0.29, 0.717) is 28.4 Å². The van der Waals surface area contributed by atoms with Crippen molar-refractivity contribution < 1.29 is 18.7 Å². The third-order valence-electron chi connectivity index (χ3n) is 4.55. The quantitative estimate of drug-likeness (QED) is 0.586. The van der Waals surface area contributed by atoms with E-state index >= 15 is 0 Å². The fraction of sp³-hybridized carbons (Fsp3) is 0.130. The molecule has 0 spiro atoms. The lowest BCUT2D eigenvalue weighted by Crippen LogP contribution is -2.34. The van der Waals surface area contributed by atoms with Gasteiger partial charge in [0.15, 0.2) is 11.5 Å². The lowest BCUT2D eigenvalue weighted by atomic mass is 10.1. The van der Waals surface area contributed by atoms with Crippen LogP contribution in [0.5, 0.6) is 5.75 Å². The fourth-order valence-electron chi connectivity index (χ4n) is 3.14. The minimum Gasteiger partial charge on any atom is -0.469 e. The molecular formula is C23H19ClN2O4. The second-order valence-corrected chi connectivity index (χ2v) is 7.43. The third-order valence-corrected chi connectivity index (χ3v) is 4.78. The number of nitrogens with one attached hydrogen (secondary N) is 2. The number of fused-ring (bicyclic) bond motifs is 1. The Labute approximate surface area is 178 Å². The predicted octanol–water partition coefficient (Wildman–Crippen LogP) is 4.67. The zero-order chi connectivity index (χ0) is 21.1. The van der Waals surface area contributed by atoms with Gasteiger partial charge >= 0.3 is 0 Å². The van der Waals surface area contributed by atoms with Crippen LogP contribution in [0.25, 0.3) is 6.08 Å². The standard InChI is InChI=1S/C23H19ClN2O4/c1-14(10-18-6-3-9-29-18)25-22(27)16-7-8-20-19(13-16)26-23(28)21(30-20)12-15-4-2-5-17(24)11-15/h2-9,11-14H,10H2,1H3,(H,25,27)(H,26,28)/b21-12-/t14-/m0/s1. The van der Waals surface area contributed by atoms with Gasteiger partial charge in [0.1, 0.15) is 5.76 Å². The number of halogens is 1. The summed E-state index contributed by atoms with van der Waals surface area (Å²) in [5.41, 5.74) is 1.61. The highest BCUT2D eigenvalue weighted by Crippen LogP contribution is 2.32. The van der Waals surface area contributed by atoms with Crippen molar-refractivity contribution in [3.63, 3.8) is 0 Å². The average Bonchev–Trinajstić information content (AvgIpc) is 3.21. The smallest absolute Gasteiger partial charge is 0.291 e. The number of anilines is 1. The Morgan fingerprint density at radius 1 is 1.20 bits per heavy atom.